The van der Waals surface area contributed by atoms with E-state index in [1.165, 1.54) is 19.3 Å². The zero-order valence-corrected chi connectivity index (χ0v) is 12.7. The Balaban J connectivity index is 2.58. The number of likely N-dealkylation sites (tertiary alicyclic amines) is 1. The third-order valence-electron chi connectivity index (χ3n) is 3.83. The minimum absolute atomic E-state index is 0.345. The van der Waals surface area contributed by atoms with Gasteiger partial charge in [0.05, 0.1) is 6.07 Å². The first-order valence-electron chi connectivity index (χ1n) is 7.18. The van der Waals surface area contributed by atoms with Crippen molar-refractivity contribution in [2.45, 2.75) is 65.5 Å². The van der Waals surface area contributed by atoms with Gasteiger partial charge in [0.1, 0.15) is 5.54 Å². The largest absolute Gasteiger partial charge is 0.300 e. The molecule has 0 aromatic carbocycles. The summed E-state index contributed by atoms with van der Waals surface area (Å²) < 4.78 is 0. The van der Waals surface area contributed by atoms with Gasteiger partial charge in [0.25, 0.3) is 0 Å². The molecule has 1 unspecified atom stereocenters. The fourth-order valence-electron chi connectivity index (χ4n) is 2.83. The first-order chi connectivity index (χ1) is 8.26. The average molecular weight is 251 g/mol. The summed E-state index contributed by atoms with van der Waals surface area (Å²) in [7, 11) is 0. The van der Waals surface area contributed by atoms with Gasteiger partial charge < -0.3 is 4.90 Å². The highest BCUT2D eigenvalue weighted by atomic mass is 15.2. The maximum atomic E-state index is 9.40. The second kappa shape index (κ2) is 6.04. The van der Waals surface area contributed by atoms with Gasteiger partial charge in [0, 0.05) is 12.6 Å². The molecule has 0 aromatic heterocycles. The Morgan fingerprint density at radius 2 is 2.00 bits per heavy atom. The van der Waals surface area contributed by atoms with Gasteiger partial charge in [-0.3, -0.25) is 5.32 Å². The fourth-order valence-corrected chi connectivity index (χ4v) is 2.83. The molecular weight excluding hydrogens is 222 g/mol. The van der Waals surface area contributed by atoms with Crippen molar-refractivity contribution in [1.82, 2.24) is 10.2 Å². The van der Waals surface area contributed by atoms with E-state index < -0.39 is 5.54 Å². The Bertz CT molecular complexity index is 303. The van der Waals surface area contributed by atoms with Crippen LogP contribution < -0.4 is 5.32 Å². The molecule has 0 aliphatic carbocycles. The lowest BCUT2D eigenvalue weighted by molar-refractivity contribution is 0.211. The predicted octanol–water partition coefficient (Wildman–Crippen LogP) is 2.78. The molecule has 1 N–H and O–H groups in total. The molecule has 1 fully saturated rings. The Morgan fingerprint density at radius 1 is 1.33 bits per heavy atom. The minimum atomic E-state index is -0.428. The maximum Gasteiger partial charge on any atom is 0.116 e. The summed E-state index contributed by atoms with van der Waals surface area (Å²) >= 11 is 0. The molecule has 1 heterocycles. The quantitative estimate of drug-likeness (QED) is 0.835. The summed E-state index contributed by atoms with van der Waals surface area (Å²) in [5.74, 6) is 0. The standard InChI is InChI=1S/C15H29N3/c1-13(2)17-15(5,11-16)12-18-9-6-7-14(3,4)8-10-18/h13,17H,6-10,12H2,1-5H3. The highest BCUT2D eigenvalue weighted by molar-refractivity contribution is 5.06. The molecular formula is C15H29N3. The van der Waals surface area contributed by atoms with Gasteiger partial charge in [-0.2, -0.15) is 5.26 Å². The first kappa shape index (κ1) is 15.5. The van der Waals surface area contributed by atoms with Crippen LogP contribution >= 0.6 is 0 Å². The molecule has 0 spiro atoms. The highest BCUT2D eigenvalue weighted by Crippen LogP contribution is 2.30. The Kier molecular flexibility index (Phi) is 5.19. The summed E-state index contributed by atoms with van der Waals surface area (Å²) in [5, 5.41) is 12.8. The topological polar surface area (TPSA) is 39.1 Å². The number of nitrogens with zero attached hydrogens (tertiary/aromatic N) is 2. The molecule has 0 saturated carbocycles. The summed E-state index contributed by atoms with van der Waals surface area (Å²) in [6.07, 6.45) is 3.77. The molecule has 1 aliphatic rings. The van der Waals surface area contributed by atoms with Crippen molar-refractivity contribution in [3.63, 3.8) is 0 Å². The van der Waals surface area contributed by atoms with Crippen molar-refractivity contribution < 1.29 is 0 Å². The van der Waals surface area contributed by atoms with Crippen LogP contribution in [0.25, 0.3) is 0 Å². The van der Waals surface area contributed by atoms with E-state index in [4.69, 9.17) is 0 Å². The molecule has 3 nitrogen and oxygen atoms in total. The van der Waals surface area contributed by atoms with E-state index in [1.807, 2.05) is 6.92 Å². The third-order valence-corrected chi connectivity index (χ3v) is 3.83. The number of rotatable bonds is 4. The van der Waals surface area contributed by atoms with Gasteiger partial charge in [-0.1, -0.05) is 13.8 Å². The van der Waals surface area contributed by atoms with Crippen molar-refractivity contribution in [2.75, 3.05) is 19.6 Å². The van der Waals surface area contributed by atoms with Crippen LogP contribution in [0.2, 0.25) is 0 Å². The van der Waals surface area contributed by atoms with E-state index >= 15 is 0 Å². The van der Waals surface area contributed by atoms with E-state index in [2.05, 4.69) is 44.0 Å². The van der Waals surface area contributed by atoms with E-state index in [-0.39, 0.29) is 0 Å². The van der Waals surface area contributed by atoms with Gasteiger partial charge in [-0.25, -0.2) is 0 Å². The summed E-state index contributed by atoms with van der Waals surface area (Å²) in [6, 6.07) is 2.79. The lowest BCUT2D eigenvalue weighted by Crippen LogP contribution is -2.53. The SMILES string of the molecule is CC(C)NC(C)(C#N)CN1CCCC(C)(C)CC1. The van der Waals surface area contributed by atoms with Crippen molar-refractivity contribution in [3.05, 3.63) is 0 Å². The molecule has 0 amide bonds. The van der Waals surface area contributed by atoms with Crippen LogP contribution in [0.1, 0.15) is 53.9 Å². The fraction of sp³-hybridized carbons (Fsp3) is 0.933. The number of hydrogen-bond donors (Lipinski definition) is 1. The number of nitrogens with one attached hydrogen (secondary N) is 1. The van der Waals surface area contributed by atoms with Crippen LogP contribution in [0.4, 0.5) is 0 Å². The van der Waals surface area contributed by atoms with Crippen molar-refractivity contribution in [1.29, 1.82) is 5.26 Å². The zero-order chi connectivity index (χ0) is 13.8. The van der Waals surface area contributed by atoms with Gasteiger partial charge in [0.2, 0.25) is 0 Å². The zero-order valence-electron chi connectivity index (χ0n) is 12.7. The van der Waals surface area contributed by atoms with Gasteiger partial charge in [-0.05, 0) is 58.5 Å². The number of hydrogen-bond acceptors (Lipinski definition) is 3. The summed E-state index contributed by atoms with van der Waals surface area (Å²) in [4.78, 5) is 2.45. The van der Waals surface area contributed by atoms with Gasteiger partial charge in [0.15, 0.2) is 0 Å². The summed E-state index contributed by atoms with van der Waals surface area (Å²) in [5.41, 5.74) is 0.0337. The van der Waals surface area contributed by atoms with E-state index in [0.29, 0.717) is 11.5 Å². The lowest BCUT2D eigenvalue weighted by atomic mass is 9.85. The van der Waals surface area contributed by atoms with E-state index in [9.17, 15) is 5.26 Å². The molecule has 1 atom stereocenters. The average Bonchev–Trinajstić information content (AvgIpc) is 2.39. The molecule has 1 rings (SSSR count). The van der Waals surface area contributed by atoms with Crippen molar-refractivity contribution >= 4 is 0 Å². The smallest absolute Gasteiger partial charge is 0.116 e. The maximum absolute atomic E-state index is 9.40. The van der Waals surface area contributed by atoms with Crippen LogP contribution in [-0.4, -0.2) is 36.1 Å². The number of nitriles is 1. The second-order valence-corrected chi connectivity index (χ2v) is 7.04. The van der Waals surface area contributed by atoms with E-state index in [0.717, 1.165) is 19.6 Å². The normalized spacial score (nSPS) is 24.3. The summed E-state index contributed by atoms with van der Waals surface area (Å²) in [6.45, 7) is 14.0. The molecule has 18 heavy (non-hydrogen) atoms. The monoisotopic (exact) mass is 251 g/mol. The van der Waals surface area contributed by atoms with Crippen molar-refractivity contribution in [2.24, 2.45) is 5.41 Å². The van der Waals surface area contributed by atoms with Gasteiger partial charge >= 0.3 is 0 Å². The molecule has 1 saturated heterocycles. The second-order valence-electron chi connectivity index (χ2n) is 7.04. The molecule has 1 aliphatic heterocycles. The molecule has 104 valence electrons. The van der Waals surface area contributed by atoms with E-state index in [1.54, 1.807) is 0 Å². The molecule has 3 heteroatoms. The molecule has 0 aromatic rings. The van der Waals surface area contributed by atoms with Crippen LogP contribution in [-0.2, 0) is 0 Å². The van der Waals surface area contributed by atoms with Gasteiger partial charge in [-0.15, -0.1) is 0 Å². The first-order valence-corrected chi connectivity index (χ1v) is 7.18. The Labute approximate surface area is 113 Å². The third kappa shape index (κ3) is 4.96. The Morgan fingerprint density at radius 3 is 2.56 bits per heavy atom. The highest BCUT2D eigenvalue weighted by Gasteiger charge is 2.30. The Hall–Kier alpha value is -0.590. The van der Waals surface area contributed by atoms with Crippen LogP contribution in [0.5, 0.6) is 0 Å². The van der Waals surface area contributed by atoms with Crippen LogP contribution in [0, 0.1) is 16.7 Å². The van der Waals surface area contributed by atoms with Crippen molar-refractivity contribution in [3.8, 4) is 6.07 Å². The molecule has 0 bridgehead atoms. The lowest BCUT2D eigenvalue weighted by Gasteiger charge is -2.32. The minimum Gasteiger partial charge on any atom is -0.300 e. The molecule has 0 radical (unpaired) electrons. The van der Waals surface area contributed by atoms with Crippen LogP contribution in [0.15, 0.2) is 0 Å². The predicted molar refractivity (Wildman–Crippen MR) is 76.4 cm³/mol. The van der Waals surface area contributed by atoms with Crippen LogP contribution in [0.3, 0.4) is 0 Å².